The molecule has 6 heteroatoms. The smallest absolute Gasteiger partial charge is 0.308 e. The van der Waals surface area contributed by atoms with Crippen LogP contribution in [0.5, 0.6) is 0 Å². The molecule has 0 bridgehead atoms. The summed E-state index contributed by atoms with van der Waals surface area (Å²) in [6.45, 7) is 3.86. The molecule has 0 aliphatic rings. The number of ether oxygens (including phenoxy) is 2. The average molecular weight is 563 g/mol. The van der Waals surface area contributed by atoms with Crippen LogP contribution in [0.15, 0.2) is 132 Å². The van der Waals surface area contributed by atoms with E-state index in [1.165, 1.54) is 0 Å². The highest BCUT2D eigenvalue weighted by Crippen LogP contribution is 2.38. The van der Waals surface area contributed by atoms with Gasteiger partial charge in [0.25, 0.3) is 11.4 Å². The fraction of sp³-hybridized carbons (Fsp3) is 0.278. The summed E-state index contributed by atoms with van der Waals surface area (Å²) in [5.41, 5.74) is 0.181. The molecule has 42 heavy (non-hydrogen) atoms. The van der Waals surface area contributed by atoms with Gasteiger partial charge in [-0.1, -0.05) is 135 Å². The molecule has 0 heterocycles. The van der Waals surface area contributed by atoms with Gasteiger partial charge in [0.15, 0.2) is 0 Å². The van der Waals surface area contributed by atoms with Crippen LogP contribution in [-0.2, 0) is 43.4 Å². The van der Waals surface area contributed by atoms with Crippen LogP contribution in [0, 0.1) is 0 Å². The highest BCUT2D eigenvalue weighted by atomic mass is 16.6. The lowest BCUT2D eigenvalue weighted by Gasteiger charge is -2.33. The highest BCUT2D eigenvalue weighted by Gasteiger charge is 2.42. The number of nitrogens with zero attached hydrogens (tertiary/aromatic N) is 2. The maximum atomic E-state index is 13.2. The van der Waals surface area contributed by atoms with E-state index in [-0.39, 0.29) is 37.6 Å². The quantitative estimate of drug-likeness (QED) is 0.114. The van der Waals surface area contributed by atoms with Gasteiger partial charge < -0.3 is 9.47 Å². The van der Waals surface area contributed by atoms with Crippen molar-refractivity contribution < 1.29 is 19.1 Å². The predicted molar refractivity (Wildman–Crippen MR) is 163 cm³/mol. The van der Waals surface area contributed by atoms with Crippen molar-refractivity contribution >= 4 is 11.9 Å². The molecule has 216 valence electrons. The Labute approximate surface area is 248 Å². The molecule has 2 unspecified atom stereocenters. The van der Waals surface area contributed by atoms with E-state index >= 15 is 0 Å². The summed E-state index contributed by atoms with van der Waals surface area (Å²) in [7, 11) is 0. The van der Waals surface area contributed by atoms with Gasteiger partial charge in [-0.15, -0.1) is 10.2 Å². The summed E-state index contributed by atoms with van der Waals surface area (Å²) in [5.74, 6) is -0.764. The highest BCUT2D eigenvalue weighted by molar-refractivity contribution is 5.70. The summed E-state index contributed by atoms with van der Waals surface area (Å²) in [6, 6.07) is 38.4. The molecule has 4 aromatic carbocycles. The molecule has 0 aliphatic heterocycles. The van der Waals surface area contributed by atoms with Crippen molar-refractivity contribution in [1.82, 2.24) is 0 Å². The molecule has 0 saturated heterocycles. The van der Waals surface area contributed by atoms with E-state index in [1.54, 1.807) is 0 Å². The number of rotatable bonds is 14. The van der Waals surface area contributed by atoms with Crippen LogP contribution in [0.3, 0.4) is 0 Å². The lowest BCUT2D eigenvalue weighted by molar-refractivity contribution is -0.167. The van der Waals surface area contributed by atoms with E-state index in [1.807, 2.05) is 135 Å². The first-order valence-electron chi connectivity index (χ1n) is 14.6. The number of azo groups is 1. The predicted octanol–water partition coefficient (Wildman–Crippen LogP) is 8.32. The monoisotopic (exact) mass is 562 g/mol. The minimum absolute atomic E-state index is 0.234. The number of hydrogen-bond donors (Lipinski definition) is 0. The fourth-order valence-electron chi connectivity index (χ4n) is 4.81. The number of carbonyl (C=O) groups is 2. The SMILES string of the molecule is CCCC(=O)OC(Cc1ccccc1)(/N=N/C(Cc1ccccc1)(OC(=O)CCC)c1ccccc1)c1ccccc1. The van der Waals surface area contributed by atoms with Gasteiger partial charge in [-0.3, -0.25) is 9.59 Å². The maximum absolute atomic E-state index is 13.2. The molecule has 0 radical (unpaired) electrons. The topological polar surface area (TPSA) is 77.3 Å². The Hall–Kier alpha value is -4.58. The Bertz CT molecular complexity index is 1320. The first kappa shape index (κ1) is 30.4. The summed E-state index contributed by atoms with van der Waals surface area (Å²) in [5, 5.41) is 9.81. The van der Waals surface area contributed by atoms with Gasteiger partial charge in [-0.05, 0) is 24.0 Å². The third-order valence-electron chi connectivity index (χ3n) is 6.87. The molecule has 2 atom stereocenters. The zero-order valence-corrected chi connectivity index (χ0v) is 24.3. The van der Waals surface area contributed by atoms with Gasteiger partial charge in [-0.25, -0.2) is 0 Å². The number of carbonyl (C=O) groups excluding carboxylic acids is 2. The van der Waals surface area contributed by atoms with Gasteiger partial charge >= 0.3 is 11.9 Å². The zero-order chi connectivity index (χ0) is 29.7. The number of benzene rings is 4. The lowest BCUT2D eigenvalue weighted by Crippen LogP contribution is -2.36. The van der Waals surface area contributed by atoms with Crippen LogP contribution in [-0.4, -0.2) is 11.9 Å². The van der Waals surface area contributed by atoms with Gasteiger partial charge in [0.1, 0.15) is 0 Å². The summed E-state index contributed by atoms with van der Waals surface area (Å²) < 4.78 is 12.5. The third-order valence-corrected chi connectivity index (χ3v) is 6.87. The van der Waals surface area contributed by atoms with E-state index < -0.39 is 11.4 Å². The summed E-state index contributed by atoms with van der Waals surface area (Å²) in [4.78, 5) is 26.3. The number of esters is 2. The van der Waals surface area contributed by atoms with Crippen LogP contribution >= 0.6 is 0 Å². The minimum Gasteiger partial charge on any atom is -0.431 e. The molecular formula is C36H38N2O4. The van der Waals surface area contributed by atoms with Crippen LogP contribution in [0.2, 0.25) is 0 Å². The molecule has 0 N–H and O–H groups in total. The van der Waals surface area contributed by atoms with Gasteiger partial charge in [0.2, 0.25) is 0 Å². The standard InChI is InChI=1S/C36H38N2O4/c1-3-17-33(39)41-35(31-23-13-7-14-24-31,27-29-19-9-5-10-20-29)37-38-36(42-34(40)18-4-2,32-25-15-8-16-26-32)28-30-21-11-6-12-22-30/h5-16,19-26H,3-4,17-18,27-28H2,1-2H3/b38-37+. The van der Waals surface area contributed by atoms with E-state index in [0.717, 1.165) is 11.1 Å². The van der Waals surface area contributed by atoms with Crippen LogP contribution < -0.4 is 0 Å². The minimum atomic E-state index is -1.50. The average Bonchev–Trinajstić information content (AvgIpc) is 3.02. The van der Waals surface area contributed by atoms with Crippen molar-refractivity contribution in [3.8, 4) is 0 Å². The Morgan fingerprint density at radius 3 is 1.14 bits per heavy atom. The van der Waals surface area contributed by atoms with Crippen molar-refractivity contribution in [2.45, 2.75) is 63.8 Å². The fourth-order valence-corrected chi connectivity index (χ4v) is 4.81. The molecule has 0 aliphatic carbocycles. The first-order valence-corrected chi connectivity index (χ1v) is 14.6. The van der Waals surface area contributed by atoms with Gasteiger partial charge in [-0.2, -0.15) is 0 Å². The molecular weight excluding hydrogens is 524 g/mol. The van der Waals surface area contributed by atoms with E-state index in [4.69, 9.17) is 19.7 Å². The molecule has 6 nitrogen and oxygen atoms in total. The van der Waals surface area contributed by atoms with Crippen molar-refractivity contribution in [1.29, 1.82) is 0 Å². The van der Waals surface area contributed by atoms with Gasteiger partial charge in [0.05, 0.1) is 0 Å². The van der Waals surface area contributed by atoms with Crippen molar-refractivity contribution in [3.63, 3.8) is 0 Å². The Morgan fingerprint density at radius 1 is 0.524 bits per heavy atom. The van der Waals surface area contributed by atoms with E-state index in [9.17, 15) is 9.59 Å². The largest absolute Gasteiger partial charge is 0.431 e. The molecule has 0 spiro atoms. The van der Waals surface area contributed by atoms with Crippen LogP contribution in [0.1, 0.15) is 61.8 Å². The second-order valence-electron chi connectivity index (χ2n) is 10.3. The second kappa shape index (κ2) is 14.9. The van der Waals surface area contributed by atoms with Crippen molar-refractivity contribution in [3.05, 3.63) is 144 Å². The summed E-state index contributed by atoms with van der Waals surface area (Å²) >= 11 is 0. The molecule has 4 rings (SSSR count). The van der Waals surface area contributed by atoms with Gasteiger partial charge in [0, 0.05) is 36.8 Å². The van der Waals surface area contributed by atoms with E-state index in [2.05, 4.69) is 0 Å². The third kappa shape index (κ3) is 8.00. The van der Waals surface area contributed by atoms with Crippen LogP contribution in [0.25, 0.3) is 0 Å². The van der Waals surface area contributed by atoms with Crippen molar-refractivity contribution in [2.75, 3.05) is 0 Å². The van der Waals surface area contributed by atoms with Crippen molar-refractivity contribution in [2.24, 2.45) is 10.2 Å². The summed E-state index contributed by atoms with van der Waals surface area (Å²) in [6.07, 6.45) is 2.22. The van der Waals surface area contributed by atoms with Crippen LogP contribution in [0.4, 0.5) is 0 Å². The molecule has 4 aromatic rings. The normalized spacial score (nSPS) is 14.0. The second-order valence-corrected chi connectivity index (χ2v) is 10.3. The molecule has 0 fully saturated rings. The first-order chi connectivity index (χ1) is 20.5. The Kier molecular flexibility index (Phi) is 10.8. The van der Waals surface area contributed by atoms with E-state index in [0.29, 0.717) is 24.0 Å². The molecule has 0 saturated carbocycles. The maximum Gasteiger partial charge on any atom is 0.308 e. The Morgan fingerprint density at radius 2 is 0.833 bits per heavy atom. The molecule has 0 aromatic heterocycles. The lowest BCUT2D eigenvalue weighted by atomic mass is 9.94. The molecule has 0 amide bonds. The Balaban J connectivity index is 1.94. The zero-order valence-electron chi connectivity index (χ0n) is 24.3. The number of hydrogen-bond acceptors (Lipinski definition) is 6.